The summed E-state index contributed by atoms with van der Waals surface area (Å²) < 4.78 is 0. The van der Waals surface area contributed by atoms with Gasteiger partial charge in [-0.15, -0.1) is 0 Å². The van der Waals surface area contributed by atoms with Gasteiger partial charge >= 0.3 is 0 Å². The number of aromatic nitrogens is 1. The highest BCUT2D eigenvalue weighted by molar-refractivity contribution is 6.00. The van der Waals surface area contributed by atoms with Crippen molar-refractivity contribution in [1.82, 2.24) is 4.98 Å². The van der Waals surface area contributed by atoms with E-state index in [2.05, 4.69) is 77.8 Å². The van der Waals surface area contributed by atoms with Crippen LogP contribution in [0, 0.1) is 0 Å². The molecule has 0 radical (unpaired) electrons. The van der Waals surface area contributed by atoms with Gasteiger partial charge in [0.15, 0.2) is 0 Å². The molecule has 4 rings (SSSR count). The van der Waals surface area contributed by atoms with Gasteiger partial charge in [0, 0.05) is 18.0 Å². The zero-order chi connectivity index (χ0) is 14.8. The third-order valence-electron chi connectivity index (χ3n) is 3.99. The summed E-state index contributed by atoms with van der Waals surface area (Å²) in [7, 11) is 0. The van der Waals surface area contributed by atoms with Crippen LogP contribution >= 0.6 is 0 Å². The number of hydrogen-bond donors (Lipinski definition) is 0. The minimum atomic E-state index is 1.17. The standard InChI is InChI=1S/C21H15N/c1-2-7-17(8-3-1)21-15-22-14-13-20(21)19-12-6-10-16-9-4-5-11-18(16)19/h1-15H. The van der Waals surface area contributed by atoms with Crippen LogP contribution in [0.2, 0.25) is 0 Å². The largest absolute Gasteiger partial charge is 0.264 e. The number of pyridine rings is 1. The first-order valence-corrected chi connectivity index (χ1v) is 7.41. The normalized spacial score (nSPS) is 10.7. The molecule has 1 nitrogen and oxygen atoms in total. The zero-order valence-electron chi connectivity index (χ0n) is 12.1. The van der Waals surface area contributed by atoms with Crippen molar-refractivity contribution in [2.24, 2.45) is 0 Å². The third kappa shape index (κ3) is 2.17. The predicted octanol–water partition coefficient (Wildman–Crippen LogP) is 5.57. The quantitative estimate of drug-likeness (QED) is 0.468. The van der Waals surface area contributed by atoms with Crippen LogP contribution in [0.25, 0.3) is 33.0 Å². The number of fused-ring (bicyclic) bond motifs is 1. The summed E-state index contributed by atoms with van der Waals surface area (Å²) in [5, 5.41) is 2.53. The van der Waals surface area contributed by atoms with E-state index < -0.39 is 0 Å². The van der Waals surface area contributed by atoms with Gasteiger partial charge in [-0.3, -0.25) is 4.98 Å². The molecule has 0 N–H and O–H groups in total. The van der Waals surface area contributed by atoms with Crippen molar-refractivity contribution >= 4 is 10.8 Å². The molecular weight excluding hydrogens is 266 g/mol. The van der Waals surface area contributed by atoms with E-state index in [-0.39, 0.29) is 0 Å². The second kappa shape index (κ2) is 5.45. The first kappa shape index (κ1) is 12.8. The molecule has 1 heteroatoms. The number of benzene rings is 3. The van der Waals surface area contributed by atoms with E-state index in [1.54, 1.807) is 0 Å². The Labute approximate surface area is 129 Å². The SMILES string of the molecule is c1ccc(-c2cnccc2-c2cccc3ccccc23)cc1. The molecule has 0 aliphatic heterocycles. The summed E-state index contributed by atoms with van der Waals surface area (Å²) in [6.45, 7) is 0. The Bertz CT molecular complexity index is 921. The van der Waals surface area contributed by atoms with Gasteiger partial charge in [0.2, 0.25) is 0 Å². The maximum atomic E-state index is 4.33. The molecule has 1 aromatic heterocycles. The summed E-state index contributed by atoms with van der Waals surface area (Å²) in [6, 6.07) is 27.5. The molecule has 4 aromatic rings. The zero-order valence-corrected chi connectivity index (χ0v) is 12.1. The molecule has 0 bridgehead atoms. The van der Waals surface area contributed by atoms with E-state index in [0.29, 0.717) is 0 Å². The van der Waals surface area contributed by atoms with Crippen LogP contribution in [0.1, 0.15) is 0 Å². The fourth-order valence-electron chi connectivity index (χ4n) is 2.94. The molecule has 0 atom stereocenters. The van der Waals surface area contributed by atoms with Gasteiger partial charge in [0.1, 0.15) is 0 Å². The molecule has 22 heavy (non-hydrogen) atoms. The highest BCUT2D eigenvalue weighted by Gasteiger charge is 2.09. The molecule has 104 valence electrons. The summed E-state index contributed by atoms with van der Waals surface area (Å²) >= 11 is 0. The lowest BCUT2D eigenvalue weighted by molar-refractivity contribution is 1.33. The lowest BCUT2D eigenvalue weighted by Crippen LogP contribution is -1.88. The maximum Gasteiger partial charge on any atom is 0.0352 e. The van der Waals surface area contributed by atoms with Crippen molar-refractivity contribution in [2.75, 3.05) is 0 Å². The summed E-state index contributed by atoms with van der Waals surface area (Å²) in [6.07, 6.45) is 3.82. The first-order chi connectivity index (χ1) is 10.9. The molecular formula is C21H15N. The second-order valence-electron chi connectivity index (χ2n) is 5.31. The van der Waals surface area contributed by atoms with Gasteiger partial charge in [-0.25, -0.2) is 0 Å². The van der Waals surface area contributed by atoms with Crippen molar-refractivity contribution < 1.29 is 0 Å². The summed E-state index contributed by atoms with van der Waals surface area (Å²) in [4.78, 5) is 4.33. The topological polar surface area (TPSA) is 12.9 Å². The second-order valence-corrected chi connectivity index (χ2v) is 5.31. The summed E-state index contributed by atoms with van der Waals surface area (Å²) in [5.74, 6) is 0. The van der Waals surface area contributed by atoms with Crippen LogP contribution in [0.5, 0.6) is 0 Å². The van der Waals surface area contributed by atoms with Crippen molar-refractivity contribution in [1.29, 1.82) is 0 Å². The van der Waals surface area contributed by atoms with E-state index in [9.17, 15) is 0 Å². The average molecular weight is 281 g/mol. The molecule has 0 unspecified atom stereocenters. The van der Waals surface area contributed by atoms with E-state index in [1.807, 2.05) is 18.5 Å². The van der Waals surface area contributed by atoms with Gasteiger partial charge < -0.3 is 0 Å². The average Bonchev–Trinajstić information content (AvgIpc) is 2.62. The highest BCUT2D eigenvalue weighted by Crippen LogP contribution is 2.35. The molecule has 0 aliphatic carbocycles. The molecule has 0 spiro atoms. The van der Waals surface area contributed by atoms with Crippen molar-refractivity contribution in [3.8, 4) is 22.3 Å². The fourth-order valence-corrected chi connectivity index (χ4v) is 2.94. The van der Waals surface area contributed by atoms with Crippen molar-refractivity contribution in [2.45, 2.75) is 0 Å². The lowest BCUT2D eigenvalue weighted by atomic mass is 9.93. The van der Waals surface area contributed by atoms with E-state index in [4.69, 9.17) is 0 Å². The molecule has 1 heterocycles. The Kier molecular flexibility index (Phi) is 3.17. The lowest BCUT2D eigenvalue weighted by Gasteiger charge is -2.12. The highest BCUT2D eigenvalue weighted by atomic mass is 14.6. The van der Waals surface area contributed by atoms with Gasteiger partial charge in [-0.2, -0.15) is 0 Å². The minimum absolute atomic E-state index is 1.17. The van der Waals surface area contributed by atoms with Gasteiger partial charge in [-0.05, 0) is 33.5 Å². The third-order valence-corrected chi connectivity index (χ3v) is 3.99. The number of nitrogens with zero attached hydrogens (tertiary/aromatic N) is 1. The van der Waals surface area contributed by atoms with Crippen molar-refractivity contribution in [3.05, 3.63) is 91.3 Å². The molecule has 0 fully saturated rings. The van der Waals surface area contributed by atoms with Crippen LogP contribution in [-0.2, 0) is 0 Å². The Morgan fingerprint density at radius 2 is 1.32 bits per heavy atom. The first-order valence-electron chi connectivity index (χ1n) is 7.41. The number of hydrogen-bond acceptors (Lipinski definition) is 1. The van der Waals surface area contributed by atoms with Gasteiger partial charge in [0.05, 0.1) is 0 Å². The van der Waals surface area contributed by atoms with E-state index in [1.165, 1.54) is 33.0 Å². The predicted molar refractivity (Wildman–Crippen MR) is 92.6 cm³/mol. The molecule has 3 aromatic carbocycles. The van der Waals surface area contributed by atoms with Gasteiger partial charge in [-0.1, -0.05) is 72.8 Å². The Morgan fingerprint density at radius 1 is 0.545 bits per heavy atom. The maximum absolute atomic E-state index is 4.33. The van der Waals surface area contributed by atoms with Crippen LogP contribution in [0.4, 0.5) is 0 Å². The smallest absolute Gasteiger partial charge is 0.0352 e. The minimum Gasteiger partial charge on any atom is -0.264 e. The van der Waals surface area contributed by atoms with Crippen LogP contribution < -0.4 is 0 Å². The molecule has 0 saturated carbocycles. The Hall–Kier alpha value is -2.93. The summed E-state index contributed by atoms with van der Waals surface area (Å²) in [5.41, 5.74) is 4.83. The van der Waals surface area contributed by atoms with Crippen LogP contribution in [0.15, 0.2) is 91.3 Å². The van der Waals surface area contributed by atoms with E-state index in [0.717, 1.165) is 0 Å². The van der Waals surface area contributed by atoms with Crippen LogP contribution in [0.3, 0.4) is 0 Å². The Balaban J connectivity index is 2.01. The number of rotatable bonds is 2. The van der Waals surface area contributed by atoms with Crippen LogP contribution in [-0.4, -0.2) is 4.98 Å². The van der Waals surface area contributed by atoms with E-state index >= 15 is 0 Å². The molecule has 0 aliphatic rings. The van der Waals surface area contributed by atoms with Gasteiger partial charge in [0.25, 0.3) is 0 Å². The molecule has 0 amide bonds. The monoisotopic (exact) mass is 281 g/mol. The fraction of sp³-hybridized carbons (Fsp3) is 0. The molecule has 0 saturated heterocycles. The Morgan fingerprint density at radius 3 is 2.23 bits per heavy atom. The van der Waals surface area contributed by atoms with Crippen molar-refractivity contribution in [3.63, 3.8) is 0 Å².